The molecule has 26 heavy (non-hydrogen) atoms. The Balaban J connectivity index is 0.00000625. The molecule has 1 saturated heterocycles. The molecule has 2 unspecified atom stereocenters. The fraction of sp³-hybridized carbons (Fsp3) is 0.824. The van der Waals surface area contributed by atoms with E-state index >= 15 is 0 Å². The van der Waals surface area contributed by atoms with Crippen LogP contribution < -0.4 is 10.6 Å². The number of aliphatic hydroxyl groups is 1. The van der Waals surface area contributed by atoms with Crippen molar-refractivity contribution in [2.45, 2.75) is 45.4 Å². The first-order chi connectivity index (χ1) is 12.0. The van der Waals surface area contributed by atoms with Gasteiger partial charge < -0.3 is 34.7 Å². The molecule has 0 aromatic rings. The summed E-state index contributed by atoms with van der Waals surface area (Å²) in [5.74, 6) is -0.131. The number of aliphatic hydroxyl groups excluding tert-OH is 1. The van der Waals surface area contributed by atoms with Gasteiger partial charge in [0, 0.05) is 25.1 Å². The molecule has 1 rings (SSSR count). The van der Waals surface area contributed by atoms with Gasteiger partial charge in [-0.05, 0) is 26.8 Å². The van der Waals surface area contributed by atoms with E-state index in [1.807, 2.05) is 0 Å². The summed E-state index contributed by atoms with van der Waals surface area (Å²) in [6, 6.07) is 0. The van der Waals surface area contributed by atoms with Gasteiger partial charge in [0.25, 0.3) is 0 Å². The Labute approximate surface area is 162 Å². The average molecular weight is 397 g/mol. The van der Waals surface area contributed by atoms with Crippen molar-refractivity contribution in [2.24, 2.45) is 0 Å². The Kier molecular flexibility index (Phi) is 14.9. The molecule has 1 fully saturated rings. The Hall–Kier alpha value is -0.740. The number of hydrogen-bond donors (Lipinski definition) is 3. The van der Waals surface area contributed by atoms with Crippen LogP contribution in [0.25, 0.3) is 0 Å². The zero-order valence-electron chi connectivity index (χ0n) is 15.7. The summed E-state index contributed by atoms with van der Waals surface area (Å²) in [6.07, 6.45) is 0.255. The minimum atomic E-state index is -0.613. The van der Waals surface area contributed by atoms with E-state index < -0.39 is 12.4 Å². The Morgan fingerprint density at radius 2 is 2.00 bits per heavy atom. The summed E-state index contributed by atoms with van der Waals surface area (Å²) >= 11 is 0. The monoisotopic (exact) mass is 396 g/mol. The van der Waals surface area contributed by atoms with Crippen molar-refractivity contribution in [3.63, 3.8) is 0 Å². The molecule has 2 atom stereocenters. The minimum Gasteiger partial charge on any atom is -0.389 e. The normalized spacial score (nSPS) is 16.7. The van der Waals surface area contributed by atoms with Gasteiger partial charge in [-0.15, -0.1) is 12.4 Å². The highest BCUT2D eigenvalue weighted by atomic mass is 35.5. The van der Waals surface area contributed by atoms with E-state index in [-0.39, 0.29) is 31.2 Å². The fourth-order valence-electron chi connectivity index (χ4n) is 2.09. The summed E-state index contributed by atoms with van der Waals surface area (Å²) in [6.45, 7) is 10.7. The number of ether oxygens (including phenoxy) is 4. The van der Waals surface area contributed by atoms with Crippen molar-refractivity contribution >= 4 is 18.3 Å². The van der Waals surface area contributed by atoms with Crippen LogP contribution in [-0.2, 0) is 23.7 Å². The topological polar surface area (TPSA) is 98.3 Å². The number of nitrogens with one attached hydrogen (secondary N) is 2. The van der Waals surface area contributed by atoms with Crippen molar-refractivity contribution in [1.29, 1.82) is 0 Å². The molecule has 0 aromatic heterocycles. The van der Waals surface area contributed by atoms with Crippen molar-refractivity contribution in [3.8, 4) is 0 Å². The van der Waals surface area contributed by atoms with E-state index in [1.165, 1.54) is 0 Å². The number of hydrogen-bond acceptors (Lipinski definition) is 7. The number of amides is 1. The summed E-state index contributed by atoms with van der Waals surface area (Å²) < 4.78 is 21.6. The van der Waals surface area contributed by atoms with Crippen LogP contribution in [-0.4, -0.2) is 75.8 Å². The second-order valence-electron chi connectivity index (χ2n) is 5.98. The molecular weight excluding hydrogens is 364 g/mol. The fourth-order valence-corrected chi connectivity index (χ4v) is 2.09. The highest BCUT2D eigenvalue weighted by Gasteiger charge is 2.16. The van der Waals surface area contributed by atoms with Gasteiger partial charge in [0.2, 0.25) is 5.91 Å². The Bertz CT molecular complexity index is 393. The van der Waals surface area contributed by atoms with E-state index in [4.69, 9.17) is 18.9 Å². The minimum absolute atomic E-state index is 0. The Morgan fingerprint density at radius 3 is 2.65 bits per heavy atom. The zero-order valence-corrected chi connectivity index (χ0v) is 16.5. The summed E-state index contributed by atoms with van der Waals surface area (Å²) in [5.41, 5.74) is 0.500. The average Bonchev–Trinajstić information content (AvgIpc) is 3.09. The van der Waals surface area contributed by atoms with Crippen LogP contribution >= 0.6 is 12.4 Å². The van der Waals surface area contributed by atoms with Gasteiger partial charge in [-0.2, -0.15) is 0 Å². The highest BCUT2D eigenvalue weighted by molar-refractivity contribution is 5.91. The van der Waals surface area contributed by atoms with E-state index in [9.17, 15) is 9.90 Å². The highest BCUT2D eigenvalue weighted by Crippen LogP contribution is 2.08. The number of halogens is 1. The molecule has 9 heteroatoms. The largest absolute Gasteiger partial charge is 0.389 e. The SMILES string of the molecule is C=C(C)C(=O)NCCCNCC(O)COC(C)OCCC1OCCO1.Cl. The molecule has 1 heterocycles. The molecule has 1 aliphatic rings. The lowest BCUT2D eigenvalue weighted by molar-refractivity contribution is -0.157. The van der Waals surface area contributed by atoms with Gasteiger partial charge in [0.05, 0.1) is 32.5 Å². The third-order valence-electron chi connectivity index (χ3n) is 3.50. The van der Waals surface area contributed by atoms with Gasteiger partial charge in [-0.3, -0.25) is 4.79 Å². The van der Waals surface area contributed by atoms with Crippen LogP contribution in [0.3, 0.4) is 0 Å². The molecular formula is C17H33ClN2O6. The maximum atomic E-state index is 11.3. The third kappa shape index (κ3) is 12.6. The second-order valence-corrected chi connectivity index (χ2v) is 5.98. The standard InChI is InChI=1S/C17H32N2O6.ClH/c1-13(2)17(21)19-7-4-6-18-11-15(20)12-25-14(3)22-8-5-16-23-9-10-24-16;/h14-16,18,20H,1,4-12H2,2-3H3,(H,19,21);1H. The van der Waals surface area contributed by atoms with Crippen molar-refractivity contribution < 1.29 is 28.8 Å². The molecule has 1 aliphatic heterocycles. The Morgan fingerprint density at radius 1 is 1.31 bits per heavy atom. The third-order valence-corrected chi connectivity index (χ3v) is 3.50. The first kappa shape index (κ1) is 25.3. The van der Waals surface area contributed by atoms with Crippen molar-refractivity contribution in [2.75, 3.05) is 46.1 Å². The predicted molar refractivity (Wildman–Crippen MR) is 100 cm³/mol. The first-order valence-corrected chi connectivity index (χ1v) is 8.78. The van der Waals surface area contributed by atoms with E-state index in [0.29, 0.717) is 51.4 Å². The second kappa shape index (κ2) is 15.3. The van der Waals surface area contributed by atoms with Gasteiger partial charge >= 0.3 is 0 Å². The van der Waals surface area contributed by atoms with Gasteiger partial charge in [-0.25, -0.2) is 0 Å². The molecule has 8 nitrogen and oxygen atoms in total. The van der Waals surface area contributed by atoms with Crippen LogP contribution in [0.5, 0.6) is 0 Å². The molecule has 3 N–H and O–H groups in total. The lowest BCUT2D eigenvalue weighted by atomic mass is 10.3. The van der Waals surface area contributed by atoms with Crippen LogP contribution in [0, 0.1) is 0 Å². The molecule has 0 aliphatic carbocycles. The molecule has 0 bridgehead atoms. The number of carbonyl (C=O) groups excluding carboxylic acids is 1. The molecule has 154 valence electrons. The van der Waals surface area contributed by atoms with Gasteiger partial charge in [-0.1, -0.05) is 6.58 Å². The maximum absolute atomic E-state index is 11.3. The first-order valence-electron chi connectivity index (χ1n) is 8.78. The molecule has 1 amide bonds. The zero-order chi connectivity index (χ0) is 18.5. The molecule has 0 radical (unpaired) electrons. The molecule has 0 saturated carbocycles. The van der Waals surface area contributed by atoms with Gasteiger partial charge in [0.15, 0.2) is 12.6 Å². The van der Waals surface area contributed by atoms with Crippen molar-refractivity contribution in [3.05, 3.63) is 12.2 Å². The van der Waals surface area contributed by atoms with E-state index in [1.54, 1.807) is 13.8 Å². The summed E-state index contributed by atoms with van der Waals surface area (Å²) in [5, 5.41) is 15.7. The molecule has 0 aromatic carbocycles. The number of carbonyl (C=O) groups is 1. The quantitative estimate of drug-likeness (QED) is 0.224. The summed E-state index contributed by atoms with van der Waals surface area (Å²) in [4.78, 5) is 11.3. The van der Waals surface area contributed by atoms with E-state index in [2.05, 4.69) is 17.2 Å². The van der Waals surface area contributed by atoms with Gasteiger partial charge in [0.1, 0.15) is 0 Å². The predicted octanol–water partition coefficient (Wildman–Crippen LogP) is 0.583. The van der Waals surface area contributed by atoms with Crippen LogP contribution in [0.2, 0.25) is 0 Å². The lowest BCUT2D eigenvalue weighted by Crippen LogP contribution is -2.34. The summed E-state index contributed by atoms with van der Waals surface area (Å²) in [7, 11) is 0. The maximum Gasteiger partial charge on any atom is 0.246 e. The van der Waals surface area contributed by atoms with Crippen molar-refractivity contribution in [1.82, 2.24) is 10.6 Å². The molecule has 0 spiro atoms. The van der Waals surface area contributed by atoms with Crippen LogP contribution in [0.4, 0.5) is 0 Å². The van der Waals surface area contributed by atoms with Crippen LogP contribution in [0.1, 0.15) is 26.7 Å². The van der Waals surface area contributed by atoms with Crippen LogP contribution in [0.15, 0.2) is 12.2 Å². The number of rotatable bonds is 14. The van der Waals surface area contributed by atoms with E-state index in [0.717, 1.165) is 6.42 Å². The lowest BCUT2D eigenvalue weighted by Gasteiger charge is -2.18. The smallest absolute Gasteiger partial charge is 0.246 e.